The van der Waals surface area contributed by atoms with Crippen LogP contribution in [-0.4, -0.2) is 24.1 Å². The molecule has 3 heterocycles. The van der Waals surface area contributed by atoms with Gasteiger partial charge in [0.25, 0.3) is 0 Å². The summed E-state index contributed by atoms with van der Waals surface area (Å²) in [5, 5.41) is -0.113. The SMILES string of the molecule is BrC(n1ccnc1)n1c(-c2cccnc2)nc2ccccc21. The maximum atomic E-state index is 4.77. The molecule has 4 rings (SSSR count). The van der Waals surface area contributed by atoms with Crippen LogP contribution in [0.4, 0.5) is 0 Å². The highest BCUT2D eigenvalue weighted by atomic mass is 79.9. The normalized spacial score (nSPS) is 12.6. The fraction of sp³-hybridized carbons (Fsp3) is 0.0625. The minimum absolute atomic E-state index is 0.113. The van der Waals surface area contributed by atoms with Gasteiger partial charge in [0.1, 0.15) is 5.82 Å². The number of fused-ring (bicyclic) bond motifs is 1. The minimum Gasteiger partial charge on any atom is -0.307 e. The van der Waals surface area contributed by atoms with E-state index in [1.165, 1.54) is 0 Å². The Balaban J connectivity index is 1.98. The molecule has 22 heavy (non-hydrogen) atoms. The molecule has 0 amide bonds. The average molecular weight is 354 g/mol. The molecule has 0 radical (unpaired) electrons. The van der Waals surface area contributed by atoms with E-state index in [0.29, 0.717) is 0 Å². The zero-order valence-electron chi connectivity index (χ0n) is 11.5. The lowest BCUT2D eigenvalue weighted by Crippen LogP contribution is -2.11. The Hall–Kier alpha value is -2.47. The number of para-hydroxylation sites is 2. The van der Waals surface area contributed by atoms with Crippen LogP contribution in [0.3, 0.4) is 0 Å². The van der Waals surface area contributed by atoms with E-state index in [1.807, 2.05) is 47.3 Å². The maximum absolute atomic E-state index is 4.77. The minimum atomic E-state index is -0.113. The van der Waals surface area contributed by atoms with Gasteiger partial charge in [-0.25, -0.2) is 9.97 Å². The number of halogens is 1. The third-order valence-electron chi connectivity index (χ3n) is 3.50. The van der Waals surface area contributed by atoms with Gasteiger partial charge in [-0.3, -0.25) is 9.55 Å². The first kappa shape index (κ1) is 13.2. The largest absolute Gasteiger partial charge is 0.307 e. The van der Waals surface area contributed by atoms with Crippen LogP contribution in [0.15, 0.2) is 67.5 Å². The Morgan fingerprint density at radius 1 is 1.00 bits per heavy atom. The summed E-state index contributed by atoms with van der Waals surface area (Å²) >= 11 is 3.75. The predicted octanol–water partition coefficient (Wildman–Crippen LogP) is 3.69. The molecule has 108 valence electrons. The molecule has 1 unspecified atom stereocenters. The summed E-state index contributed by atoms with van der Waals surface area (Å²) in [5.74, 6) is 0.866. The number of aromatic nitrogens is 5. The molecule has 6 heteroatoms. The highest BCUT2D eigenvalue weighted by Gasteiger charge is 2.19. The van der Waals surface area contributed by atoms with Crippen LogP contribution >= 0.6 is 15.9 Å². The zero-order valence-corrected chi connectivity index (χ0v) is 13.1. The summed E-state index contributed by atoms with van der Waals surface area (Å²) in [5.41, 5.74) is 2.98. The van der Waals surface area contributed by atoms with Crippen LogP contribution < -0.4 is 0 Å². The molecule has 0 bridgehead atoms. The Morgan fingerprint density at radius 2 is 1.91 bits per heavy atom. The highest BCUT2D eigenvalue weighted by molar-refractivity contribution is 9.09. The van der Waals surface area contributed by atoms with Gasteiger partial charge in [-0.2, -0.15) is 0 Å². The third-order valence-corrected chi connectivity index (χ3v) is 4.38. The summed E-state index contributed by atoms with van der Waals surface area (Å²) < 4.78 is 4.11. The quantitative estimate of drug-likeness (QED) is 0.527. The molecule has 0 spiro atoms. The van der Waals surface area contributed by atoms with Crippen molar-refractivity contribution >= 4 is 27.0 Å². The van der Waals surface area contributed by atoms with Gasteiger partial charge in [0.15, 0.2) is 5.08 Å². The molecule has 0 aliphatic heterocycles. The number of benzene rings is 1. The van der Waals surface area contributed by atoms with Gasteiger partial charge in [0.05, 0.1) is 17.4 Å². The van der Waals surface area contributed by atoms with Gasteiger partial charge in [-0.1, -0.05) is 12.1 Å². The summed E-state index contributed by atoms with van der Waals surface area (Å²) in [4.78, 5) is 13.1. The molecule has 0 saturated carbocycles. The van der Waals surface area contributed by atoms with Crippen molar-refractivity contribution in [2.45, 2.75) is 5.08 Å². The van der Waals surface area contributed by atoms with Crippen LogP contribution in [0.25, 0.3) is 22.4 Å². The molecule has 1 atom stereocenters. The lowest BCUT2D eigenvalue weighted by Gasteiger charge is -2.17. The van der Waals surface area contributed by atoms with Crippen LogP contribution in [0.5, 0.6) is 0 Å². The number of nitrogens with zero attached hydrogens (tertiary/aromatic N) is 5. The van der Waals surface area contributed by atoms with E-state index in [9.17, 15) is 0 Å². The van der Waals surface area contributed by atoms with Crippen molar-refractivity contribution in [3.63, 3.8) is 0 Å². The van der Waals surface area contributed by atoms with Gasteiger partial charge in [-0.05, 0) is 40.2 Å². The van der Waals surface area contributed by atoms with E-state index >= 15 is 0 Å². The fourth-order valence-electron chi connectivity index (χ4n) is 2.49. The van der Waals surface area contributed by atoms with Crippen molar-refractivity contribution in [1.29, 1.82) is 0 Å². The topological polar surface area (TPSA) is 48.5 Å². The summed E-state index contributed by atoms with van der Waals surface area (Å²) in [6, 6.07) is 12.0. The van der Waals surface area contributed by atoms with Crippen molar-refractivity contribution < 1.29 is 0 Å². The number of hydrogen-bond donors (Lipinski definition) is 0. The molecular formula is C16H12BrN5. The summed E-state index contributed by atoms with van der Waals surface area (Å²) in [6.07, 6.45) is 9.04. The number of imidazole rings is 2. The van der Waals surface area contributed by atoms with Gasteiger partial charge in [0.2, 0.25) is 0 Å². The molecule has 0 aliphatic carbocycles. The van der Waals surface area contributed by atoms with Crippen LogP contribution in [0, 0.1) is 0 Å². The van der Waals surface area contributed by atoms with Crippen molar-refractivity contribution in [3.05, 3.63) is 67.5 Å². The van der Waals surface area contributed by atoms with Crippen molar-refractivity contribution in [2.75, 3.05) is 0 Å². The molecule has 4 aromatic rings. The lowest BCUT2D eigenvalue weighted by molar-refractivity contribution is 0.618. The smallest absolute Gasteiger partial charge is 0.169 e. The van der Waals surface area contributed by atoms with E-state index in [0.717, 1.165) is 22.4 Å². The first-order valence-corrected chi connectivity index (χ1v) is 7.75. The number of pyridine rings is 1. The molecule has 0 saturated heterocycles. The molecule has 0 N–H and O–H groups in total. The van der Waals surface area contributed by atoms with Crippen LogP contribution in [0.2, 0.25) is 0 Å². The van der Waals surface area contributed by atoms with Gasteiger partial charge in [-0.15, -0.1) is 0 Å². The number of rotatable bonds is 3. The Bertz CT molecular complexity index is 899. The van der Waals surface area contributed by atoms with E-state index < -0.39 is 0 Å². The monoisotopic (exact) mass is 353 g/mol. The standard InChI is InChI=1S/C16H12BrN5/c17-16(21-9-8-19-11-21)22-14-6-2-1-5-13(14)20-15(22)12-4-3-7-18-10-12/h1-11,16H. The summed E-state index contributed by atoms with van der Waals surface area (Å²) in [7, 11) is 0. The second-order valence-corrected chi connectivity index (χ2v) is 5.68. The lowest BCUT2D eigenvalue weighted by atomic mass is 10.3. The Morgan fingerprint density at radius 3 is 2.68 bits per heavy atom. The van der Waals surface area contributed by atoms with E-state index in [-0.39, 0.29) is 5.08 Å². The van der Waals surface area contributed by atoms with Crippen molar-refractivity contribution in [3.8, 4) is 11.4 Å². The highest BCUT2D eigenvalue weighted by Crippen LogP contribution is 2.31. The van der Waals surface area contributed by atoms with Gasteiger partial charge < -0.3 is 4.57 Å². The molecular weight excluding hydrogens is 342 g/mol. The average Bonchev–Trinajstić information content (AvgIpc) is 3.23. The summed E-state index contributed by atoms with van der Waals surface area (Å²) in [6.45, 7) is 0. The van der Waals surface area contributed by atoms with Gasteiger partial charge in [0, 0.05) is 30.4 Å². The molecule has 1 aromatic carbocycles. The van der Waals surface area contributed by atoms with Crippen molar-refractivity contribution in [1.82, 2.24) is 24.1 Å². The third kappa shape index (κ3) is 2.12. The predicted molar refractivity (Wildman–Crippen MR) is 88.6 cm³/mol. The first-order valence-electron chi connectivity index (χ1n) is 6.83. The molecule has 5 nitrogen and oxygen atoms in total. The Kier molecular flexibility index (Phi) is 3.23. The molecule has 0 fully saturated rings. The van der Waals surface area contributed by atoms with E-state index in [1.54, 1.807) is 18.7 Å². The second-order valence-electron chi connectivity index (χ2n) is 4.86. The zero-order chi connectivity index (χ0) is 14.9. The van der Waals surface area contributed by atoms with E-state index in [4.69, 9.17) is 4.98 Å². The van der Waals surface area contributed by atoms with Gasteiger partial charge >= 0.3 is 0 Å². The van der Waals surface area contributed by atoms with E-state index in [2.05, 4.69) is 36.5 Å². The Labute approximate surface area is 135 Å². The first-order chi connectivity index (χ1) is 10.8. The fourth-order valence-corrected chi connectivity index (χ4v) is 3.14. The molecule has 3 aromatic heterocycles. The maximum Gasteiger partial charge on any atom is 0.169 e. The number of hydrogen-bond acceptors (Lipinski definition) is 3. The second kappa shape index (κ2) is 5.38. The van der Waals surface area contributed by atoms with Crippen molar-refractivity contribution in [2.24, 2.45) is 0 Å². The van der Waals surface area contributed by atoms with Crippen LogP contribution in [-0.2, 0) is 0 Å². The number of alkyl halides is 1. The molecule has 0 aliphatic rings. The van der Waals surface area contributed by atoms with Crippen LogP contribution in [0.1, 0.15) is 5.08 Å².